The summed E-state index contributed by atoms with van der Waals surface area (Å²) >= 11 is 3.46. The van der Waals surface area contributed by atoms with Crippen LogP contribution in [0.3, 0.4) is 0 Å². The van der Waals surface area contributed by atoms with Gasteiger partial charge < -0.3 is 4.98 Å². The number of nitriles is 1. The van der Waals surface area contributed by atoms with E-state index in [1.54, 1.807) is 0 Å². The van der Waals surface area contributed by atoms with Crippen LogP contribution in [-0.2, 0) is 0 Å². The molecule has 0 spiro atoms. The summed E-state index contributed by atoms with van der Waals surface area (Å²) in [7, 11) is 0. The molecule has 2 aromatic rings. The standard InChI is InChI=1S/C12H9BrN2/c13-12-4-2-1-3-10(12)11(7-14)9-5-6-15-8-9/h1-6,8,11,15H. The number of halogens is 1. The minimum Gasteiger partial charge on any atom is -0.367 e. The maximum absolute atomic E-state index is 9.19. The van der Waals surface area contributed by atoms with Crippen molar-refractivity contribution in [2.24, 2.45) is 0 Å². The van der Waals surface area contributed by atoms with E-state index >= 15 is 0 Å². The van der Waals surface area contributed by atoms with Crippen LogP contribution < -0.4 is 0 Å². The van der Waals surface area contributed by atoms with Crippen molar-refractivity contribution in [2.75, 3.05) is 0 Å². The lowest BCUT2D eigenvalue weighted by molar-refractivity contribution is 1.03. The van der Waals surface area contributed by atoms with Crippen molar-refractivity contribution < 1.29 is 0 Å². The number of hydrogen-bond acceptors (Lipinski definition) is 1. The largest absolute Gasteiger partial charge is 0.367 e. The topological polar surface area (TPSA) is 39.6 Å². The molecule has 0 amide bonds. The molecule has 74 valence electrons. The molecule has 1 atom stereocenters. The number of aromatic nitrogens is 1. The highest BCUT2D eigenvalue weighted by Crippen LogP contribution is 2.29. The molecule has 0 fully saturated rings. The molecule has 2 rings (SSSR count). The maximum atomic E-state index is 9.19. The summed E-state index contributed by atoms with van der Waals surface area (Å²) in [6, 6.07) is 12.0. The minimum atomic E-state index is -0.216. The van der Waals surface area contributed by atoms with Crippen LogP contribution in [0.1, 0.15) is 17.0 Å². The average molecular weight is 261 g/mol. The van der Waals surface area contributed by atoms with Crippen molar-refractivity contribution in [3.05, 3.63) is 58.3 Å². The summed E-state index contributed by atoms with van der Waals surface area (Å²) in [6.45, 7) is 0. The highest BCUT2D eigenvalue weighted by molar-refractivity contribution is 9.10. The Hall–Kier alpha value is -1.53. The van der Waals surface area contributed by atoms with Gasteiger partial charge in [0.15, 0.2) is 0 Å². The fraction of sp³-hybridized carbons (Fsp3) is 0.0833. The molecule has 0 aliphatic heterocycles. The number of nitrogens with one attached hydrogen (secondary N) is 1. The Morgan fingerprint density at radius 1 is 1.27 bits per heavy atom. The van der Waals surface area contributed by atoms with E-state index in [2.05, 4.69) is 27.0 Å². The van der Waals surface area contributed by atoms with Gasteiger partial charge in [-0.2, -0.15) is 5.26 Å². The van der Waals surface area contributed by atoms with Gasteiger partial charge in [0, 0.05) is 16.9 Å². The highest BCUT2D eigenvalue weighted by atomic mass is 79.9. The first-order valence-electron chi connectivity index (χ1n) is 4.59. The van der Waals surface area contributed by atoms with Crippen LogP contribution >= 0.6 is 15.9 Å². The quantitative estimate of drug-likeness (QED) is 0.883. The predicted octanol–water partition coefficient (Wildman–Crippen LogP) is 3.43. The second-order valence-electron chi connectivity index (χ2n) is 3.23. The molecule has 0 saturated carbocycles. The Labute approximate surface area is 96.7 Å². The van der Waals surface area contributed by atoms with E-state index in [0.717, 1.165) is 15.6 Å². The molecular weight excluding hydrogens is 252 g/mol. The van der Waals surface area contributed by atoms with Gasteiger partial charge in [-0.1, -0.05) is 34.1 Å². The Bertz CT molecular complexity index is 483. The van der Waals surface area contributed by atoms with E-state index in [0.29, 0.717) is 0 Å². The van der Waals surface area contributed by atoms with Crippen LogP contribution in [0.5, 0.6) is 0 Å². The third kappa shape index (κ3) is 1.95. The molecule has 0 aliphatic carbocycles. The molecule has 1 N–H and O–H groups in total. The monoisotopic (exact) mass is 260 g/mol. The van der Waals surface area contributed by atoms with Crippen LogP contribution in [0.15, 0.2) is 47.2 Å². The average Bonchev–Trinajstić information content (AvgIpc) is 2.75. The van der Waals surface area contributed by atoms with Gasteiger partial charge in [-0.25, -0.2) is 0 Å². The second-order valence-corrected chi connectivity index (χ2v) is 4.08. The molecule has 2 nitrogen and oxygen atoms in total. The Kier molecular flexibility index (Phi) is 2.89. The van der Waals surface area contributed by atoms with Gasteiger partial charge in [0.1, 0.15) is 0 Å². The zero-order valence-electron chi connectivity index (χ0n) is 7.94. The zero-order chi connectivity index (χ0) is 10.7. The van der Waals surface area contributed by atoms with E-state index in [1.807, 2.05) is 42.7 Å². The van der Waals surface area contributed by atoms with Crippen molar-refractivity contribution in [3.8, 4) is 6.07 Å². The van der Waals surface area contributed by atoms with Gasteiger partial charge in [-0.15, -0.1) is 0 Å². The van der Waals surface area contributed by atoms with Crippen LogP contribution in [0.25, 0.3) is 0 Å². The van der Waals surface area contributed by atoms with Gasteiger partial charge in [0.2, 0.25) is 0 Å². The second kappa shape index (κ2) is 4.33. The molecular formula is C12H9BrN2. The molecule has 3 heteroatoms. The lowest BCUT2D eigenvalue weighted by Gasteiger charge is -2.09. The lowest BCUT2D eigenvalue weighted by atomic mass is 9.95. The van der Waals surface area contributed by atoms with Crippen molar-refractivity contribution >= 4 is 15.9 Å². The van der Waals surface area contributed by atoms with Gasteiger partial charge in [0.25, 0.3) is 0 Å². The van der Waals surface area contributed by atoms with Gasteiger partial charge in [-0.3, -0.25) is 0 Å². The fourth-order valence-corrected chi connectivity index (χ4v) is 2.06. The van der Waals surface area contributed by atoms with Crippen LogP contribution in [-0.4, -0.2) is 4.98 Å². The van der Waals surface area contributed by atoms with E-state index in [4.69, 9.17) is 0 Å². The number of hydrogen-bond donors (Lipinski definition) is 1. The first kappa shape index (κ1) is 10.0. The van der Waals surface area contributed by atoms with E-state index in [9.17, 15) is 5.26 Å². The van der Waals surface area contributed by atoms with Crippen LogP contribution in [0, 0.1) is 11.3 Å². The number of benzene rings is 1. The Balaban J connectivity index is 2.46. The molecule has 1 aromatic carbocycles. The van der Waals surface area contributed by atoms with Crippen LogP contribution in [0.4, 0.5) is 0 Å². The normalized spacial score (nSPS) is 12.0. The Morgan fingerprint density at radius 3 is 2.67 bits per heavy atom. The van der Waals surface area contributed by atoms with Gasteiger partial charge in [0.05, 0.1) is 12.0 Å². The van der Waals surface area contributed by atoms with E-state index < -0.39 is 0 Å². The fourth-order valence-electron chi connectivity index (χ4n) is 1.55. The number of nitrogens with zero attached hydrogens (tertiary/aromatic N) is 1. The molecule has 0 bridgehead atoms. The number of H-pyrrole nitrogens is 1. The molecule has 0 aliphatic rings. The minimum absolute atomic E-state index is 0.216. The molecule has 0 saturated heterocycles. The lowest BCUT2D eigenvalue weighted by Crippen LogP contribution is -1.97. The van der Waals surface area contributed by atoms with Crippen molar-refractivity contribution in [3.63, 3.8) is 0 Å². The molecule has 1 aromatic heterocycles. The summed E-state index contributed by atoms with van der Waals surface area (Å²) in [5.74, 6) is -0.216. The third-order valence-electron chi connectivity index (χ3n) is 2.30. The third-order valence-corrected chi connectivity index (χ3v) is 3.02. The zero-order valence-corrected chi connectivity index (χ0v) is 9.53. The Morgan fingerprint density at radius 2 is 2.07 bits per heavy atom. The number of aromatic amines is 1. The number of rotatable bonds is 2. The summed E-state index contributed by atoms with van der Waals surface area (Å²) in [5, 5.41) is 9.19. The van der Waals surface area contributed by atoms with Gasteiger partial charge >= 0.3 is 0 Å². The van der Waals surface area contributed by atoms with E-state index in [-0.39, 0.29) is 5.92 Å². The van der Waals surface area contributed by atoms with Gasteiger partial charge in [-0.05, 0) is 23.3 Å². The van der Waals surface area contributed by atoms with Crippen molar-refractivity contribution in [1.82, 2.24) is 4.98 Å². The first-order valence-corrected chi connectivity index (χ1v) is 5.39. The van der Waals surface area contributed by atoms with Crippen molar-refractivity contribution in [2.45, 2.75) is 5.92 Å². The summed E-state index contributed by atoms with van der Waals surface area (Å²) in [6.07, 6.45) is 3.68. The SMILES string of the molecule is N#CC(c1cc[nH]c1)c1ccccc1Br. The van der Waals surface area contributed by atoms with E-state index in [1.165, 1.54) is 0 Å². The van der Waals surface area contributed by atoms with Crippen LogP contribution in [0.2, 0.25) is 0 Å². The molecule has 0 radical (unpaired) electrons. The summed E-state index contributed by atoms with van der Waals surface area (Å²) in [4.78, 5) is 2.97. The summed E-state index contributed by atoms with van der Waals surface area (Å²) < 4.78 is 0.970. The highest BCUT2D eigenvalue weighted by Gasteiger charge is 2.15. The smallest absolute Gasteiger partial charge is 0.0988 e. The van der Waals surface area contributed by atoms with Crippen molar-refractivity contribution in [1.29, 1.82) is 5.26 Å². The molecule has 1 heterocycles. The maximum Gasteiger partial charge on any atom is 0.0988 e. The predicted molar refractivity (Wildman–Crippen MR) is 62.4 cm³/mol. The first-order chi connectivity index (χ1) is 7.33. The summed E-state index contributed by atoms with van der Waals surface area (Å²) in [5.41, 5.74) is 1.99. The molecule has 1 unspecified atom stereocenters. The molecule has 15 heavy (non-hydrogen) atoms.